The summed E-state index contributed by atoms with van der Waals surface area (Å²) in [5.41, 5.74) is 6.55. The molecule has 3 atom stereocenters. The van der Waals surface area contributed by atoms with Crippen molar-refractivity contribution in [3.63, 3.8) is 0 Å². The summed E-state index contributed by atoms with van der Waals surface area (Å²) in [5, 5.41) is 0.680. The Labute approximate surface area is 131 Å². The molecule has 1 saturated heterocycles. The molecule has 2 N–H and O–H groups in total. The van der Waals surface area contributed by atoms with E-state index in [-0.39, 0.29) is 24.0 Å². The van der Waals surface area contributed by atoms with Gasteiger partial charge in [0.25, 0.3) is 0 Å². The van der Waals surface area contributed by atoms with Crippen LogP contribution in [0.25, 0.3) is 0 Å². The van der Waals surface area contributed by atoms with Crippen molar-refractivity contribution in [3.05, 3.63) is 34.9 Å². The zero-order valence-electron chi connectivity index (χ0n) is 12.6. The Bertz CT molecular complexity index is 495. The van der Waals surface area contributed by atoms with Crippen molar-refractivity contribution in [3.8, 4) is 0 Å². The second kappa shape index (κ2) is 7.25. The molecular formula is C16H23ClN2O2. The number of benzene rings is 1. The fraction of sp³-hybridized carbons (Fsp3) is 0.562. The fourth-order valence-electron chi connectivity index (χ4n) is 2.53. The van der Waals surface area contributed by atoms with Gasteiger partial charge < -0.3 is 15.4 Å². The van der Waals surface area contributed by atoms with E-state index in [1.807, 2.05) is 43.0 Å². The van der Waals surface area contributed by atoms with Gasteiger partial charge in [-0.15, -0.1) is 0 Å². The number of carbonyl (C=O) groups excluding carboxylic acids is 1. The molecule has 1 aliphatic rings. The Kier molecular flexibility index (Phi) is 5.62. The molecule has 1 heterocycles. The number of amides is 1. The van der Waals surface area contributed by atoms with Crippen molar-refractivity contribution in [2.45, 2.75) is 32.4 Å². The number of carbonyl (C=O) groups is 1. The lowest BCUT2D eigenvalue weighted by molar-refractivity contribution is -0.145. The van der Waals surface area contributed by atoms with Gasteiger partial charge >= 0.3 is 0 Å². The van der Waals surface area contributed by atoms with Crippen LogP contribution in [-0.4, -0.2) is 36.5 Å². The summed E-state index contributed by atoms with van der Waals surface area (Å²) >= 11 is 6.23. The normalized spacial score (nSPS) is 23.9. The molecule has 0 aliphatic carbocycles. The van der Waals surface area contributed by atoms with Gasteiger partial charge in [0.2, 0.25) is 5.91 Å². The number of ether oxygens (including phenoxy) is 1. The van der Waals surface area contributed by atoms with Crippen molar-refractivity contribution >= 4 is 17.5 Å². The summed E-state index contributed by atoms with van der Waals surface area (Å²) in [6.07, 6.45) is 0.322. The number of nitrogens with zero attached hydrogens (tertiary/aromatic N) is 1. The first-order valence-corrected chi connectivity index (χ1v) is 7.76. The highest BCUT2D eigenvalue weighted by Crippen LogP contribution is 2.30. The predicted molar refractivity (Wildman–Crippen MR) is 84.2 cm³/mol. The standard InChI is InChI=1S/C16H23ClN2O2/c1-11(8-18)7-16(20)19-9-15(21-10-12(19)2)13-5-3-4-6-14(13)17/h3-6,11-12,15H,7-10,18H2,1-2H3/t11-,12+,15+/m0/s1. The highest BCUT2D eigenvalue weighted by Gasteiger charge is 2.31. The van der Waals surface area contributed by atoms with E-state index < -0.39 is 0 Å². The van der Waals surface area contributed by atoms with Crippen LogP contribution in [0.4, 0.5) is 0 Å². The Morgan fingerprint density at radius 3 is 2.90 bits per heavy atom. The Morgan fingerprint density at radius 1 is 1.52 bits per heavy atom. The number of nitrogens with two attached hydrogens (primary N) is 1. The molecule has 2 rings (SSSR count). The van der Waals surface area contributed by atoms with Gasteiger partial charge in [-0.1, -0.05) is 36.7 Å². The van der Waals surface area contributed by atoms with Crippen LogP contribution in [0.1, 0.15) is 31.9 Å². The molecule has 5 heteroatoms. The highest BCUT2D eigenvalue weighted by atomic mass is 35.5. The summed E-state index contributed by atoms with van der Waals surface area (Å²) in [6, 6.07) is 7.71. The third-order valence-corrected chi connectivity index (χ3v) is 4.28. The first-order valence-electron chi connectivity index (χ1n) is 7.38. The Morgan fingerprint density at radius 2 is 2.24 bits per heavy atom. The minimum atomic E-state index is -0.160. The van der Waals surface area contributed by atoms with E-state index in [9.17, 15) is 4.79 Å². The summed E-state index contributed by atoms with van der Waals surface area (Å²) in [5.74, 6) is 0.340. The van der Waals surface area contributed by atoms with Crippen LogP contribution in [-0.2, 0) is 9.53 Å². The lowest BCUT2D eigenvalue weighted by Crippen LogP contribution is -2.48. The van der Waals surface area contributed by atoms with E-state index in [1.54, 1.807) is 0 Å². The third kappa shape index (κ3) is 3.96. The first kappa shape index (κ1) is 16.3. The van der Waals surface area contributed by atoms with Gasteiger partial charge in [0.15, 0.2) is 0 Å². The maximum absolute atomic E-state index is 12.4. The van der Waals surface area contributed by atoms with Crippen molar-refractivity contribution in [1.29, 1.82) is 0 Å². The number of morpholine rings is 1. The van der Waals surface area contributed by atoms with Crippen molar-refractivity contribution in [1.82, 2.24) is 4.90 Å². The molecule has 0 saturated carbocycles. The zero-order valence-corrected chi connectivity index (χ0v) is 13.3. The first-order chi connectivity index (χ1) is 10.0. The molecule has 0 aromatic heterocycles. The number of halogens is 1. The van der Waals surface area contributed by atoms with Gasteiger partial charge in [-0.05, 0) is 25.5 Å². The SMILES string of the molecule is C[C@H](CN)CC(=O)N1C[C@H](c2ccccc2Cl)OC[C@H]1C. The van der Waals surface area contributed by atoms with E-state index in [0.29, 0.717) is 31.1 Å². The van der Waals surface area contributed by atoms with E-state index in [2.05, 4.69) is 0 Å². The highest BCUT2D eigenvalue weighted by molar-refractivity contribution is 6.31. The number of hydrogen-bond acceptors (Lipinski definition) is 3. The second-order valence-electron chi connectivity index (χ2n) is 5.78. The molecule has 4 nitrogen and oxygen atoms in total. The number of rotatable bonds is 4. The predicted octanol–water partition coefficient (Wildman–Crippen LogP) is 2.61. The molecule has 0 unspecified atom stereocenters. The maximum atomic E-state index is 12.4. The van der Waals surface area contributed by atoms with Crippen molar-refractivity contribution < 1.29 is 9.53 Å². The lowest BCUT2D eigenvalue weighted by Gasteiger charge is -2.39. The van der Waals surface area contributed by atoms with Crippen LogP contribution in [0.5, 0.6) is 0 Å². The molecule has 1 fully saturated rings. The molecule has 1 aromatic rings. The van der Waals surface area contributed by atoms with Gasteiger partial charge in [0, 0.05) is 17.0 Å². The Hall–Kier alpha value is -1.10. The van der Waals surface area contributed by atoms with Crippen LogP contribution in [0.3, 0.4) is 0 Å². The van der Waals surface area contributed by atoms with Gasteiger partial charge in [0.05, 0.1) is 19.2 Å². The van der Waals surface area contributed by atoms with Crippen LogP contribution < -0.4 is 5.73 Å². The van der Waals surface area contributed by atoms with Gasteiger partial charge in [0.1, 0.15) is 6.10 Å². The van der Waals surface area contributed by atoms with Crippen molar-refractivity contribution in [2.75, 3.05) is 19.7 Å². The minimum Gasteiger partial charge on any atom is -0.369 e. The summed E-state index contributed by atoms with van der Waals surface area (Å²) in [7, 11) is 0. The van der Waals surface area contributed by atoms with E-state index in [4.69, 9.17) is 22.1 Å². The van der Waals surface area contributed by atoms with E-state index >= 15 is 0 Å². The lowest BCUT2D eigenvalue weighted by atomic mass is 10.0. The van der Waals surface area contributed by atoms with Gasteiger partial charge in [-0.2, -0.15) is 0 Å². The molecule has 0 spiro atoms. The largest absolute Gasteiger partial charge is 0.369 e. The summed E-state index contributed by atoms with van der Waals surface area (Å²) in [6.45, 7) is 5.60. The quantitative estimate of drug-likeness (QED) is 0.930. The van der Waals surface area contributed by atoms with Crippen LogP contribution in [0.15, 0.2) is 24.3 Å². The molecule has 0 radical (unpaired) electrons. The maximum Gasteiger partial charge on any atom is 0.223 e. The number of hydrogen-bond donors (Lipinski definition) is 1. The Balaban J connectivity index is 2.09. The molecule has 1 aliphatic heterocycles. The zero-order chi connectivity index (χ0) is 15.4. The van der Waals surface area contributed by atoms with Crippen LogP contribution in [0.2, 0.25) is 5.02 Å². The van der Waals surface area contributed by atoms with Gasteiger partial charge in [-0.3, -0.25) is 4.79 Å². The molecule has 21 heavy (non-hydrogen) atoms. The summed E-state index contributed by atoms with van der Waals surface area (Å²) in [4.78, 5) is 14.3. The molecule has 1 amide bonds. The van der Waals surface area contributed by atoms with Crippen LogP contribution >= 0.6 is 11.6 Å². The average molecular weight is 311 g/mol. The van der Waals surface area contributed by atoms with E-state index in [1.165, 1.54) is 0 Å². The third-order valence-electron chi connectivity index (χ3n) is 3.93. The summed E-state index contributed by atoms with van der Waals surface area (Å²) < 4.78 is 5.87. The smallest absolute Gasteiger partial charge is 0.223 e. The molecule has 1 aromatic carbocycles. The van der Waals surface area contributed by atoms with E-state index in [0.717, 1.165) is 5.56 Å². The molecular weight excluding hydrogens is 288 g/mol. The monoisotopic (exact) mass is 310 g/mol. The topological polar surface area (TPSA) is 55.6 Å². The fourth-order valence-corrected chi connectivity index (χ4v) is 2.78. The van der Waals surface area contributed by atoms with Crippen molar-refractivity contribution in [2.24, 2.45) is 11.7 Å². The average Bonchev–Trinajstić information content (AvgIpc) is 2.48. The van der Waals surface area contributed by atoms with Gasteiger partial charge in [-0.25, -0.2) is 0 Å². The molecule has 0 bridgehead atoms. The molecule has 116 valence electrons. The second-order valence-corrected chi connectivity index (χ2v) is 6.19. The minimum absolute atomic E-state index is 0.0845. The van der Waals surface area contributed by atoms with Crippen LogP contribution in [0, 0.1) is 5.92 Å².